The zero-order chi connectivity index (χ0) is 23.6. The van der Waals surface area contributed by atoms with Gasteiger partial charge in [0.05, 0.1) is 17.6 Å². The fraction of sp³-hybridized carbons (Fsp3) is 0.417. The summed E-state index contributed by atoms with van der Waals surface area (Å²) in [6.07, 6.45) is 3.25. The number of amides is 1. The fourth-order valence-electron chi connectivity index (χ4n) is 4.17. The molecule has 1 saturated heterocycles. The Kier molecular flexibility index (Phi) is 7.07. The average molecular weight is 491 g/mol. The van der Waals surface area contributed by atoms with Crippen LogP contribution in [0.2, 0.25) is 5.02 Å². The van der Waals surface area contributed by atoms with Crippen LogP contribution in [0.15, 0.2) is 53.4 Å². The summed E-state index contributed by atoms with van der Waals surface area (Å²) in [7, 11) is -2.54. The molecule has 0 aromatic heterocycles. The lowest BCUT2D eigenvalue weighted by Crippen LogP contribution is -2.51. The molecule has 2 aromatic rings. The zero-order valence-electron chi connectivity index (χ0n) is 18.4. The van der Waals surface area contributed by atoms with E-state index in [2.05, 4.69) is 0 Å². The summed E-state index contributed by atoms with van der Waals surface area (Å²) in [5.41, 5.74) is 1.14. The maximum absolute atomic E-state index is 13.7. The van der Waals surface area contributed by atoms with E-state index in [0.29, 0.717) is 30.1 Å². The minimum atomic E-state index is -3.86. The molecule has 1 aliphatic heterocycles. The summed E-state index contributed by atoms with van der Waals surface area (Å²) in [4.78, 5) is 26.4. The number of halogens is 1. The third-order valence-corrected chi connectivity index (χ3v) is 8.34. The normalized spacial score (nSPS) is 18.9. The highest BCUT2D eigenvalue weighted by Gasteiger charge is 2.39. The highest BCUT2D eigenvalue weighted by Crippen LogP contribution is 2.33. The van der Waals surface area contributed by atoms with Crippen molar-refractivity contribution in [2.24, 2.45) is 5.92 Å². The molecular weight excluding hydrogens is 464 g/mol. The Labute approximate surface area is 199 Å². The quantitative estimate of drug-likeness (QED) is 0.552. The van der Waals surface area contributed by atoms with Crippen molar-refractivity contribution in [3.63, 3.8) is 0 Å². The molecule has 1 amide bonds. The molecule has 0 bridgehead atoms. The molecule has 176 valence electrons. The van der Waals surface area contributed by atoms with E-state index in [1.807, 2.05) is 4.90 Å². The monoisotopic (exact) mass is 490 g/mol. The van der Waals surface area contributed by atoms with Crippen molar-refractivity contribution in [1.29, 1.82) is 0 Å². The molecule has 1 aliphatic carbocycles. The van der Waals surface area contributed by atoms with E-state index in [0.717, 1.165) is 24.8 Å². The van der Waals surface area contributed by atoms with Crippen LogP contribution >= 0.6 is 11.6 Å². The number of piperidine rings is 1. The fourth-order valence-corrected chi connectivity index (χ4v) is 5.94. The number of hydrogen-bond acceptors (Lipinski definition) is 5. The van der Waals surface area contributed by atoms with Crippen LogP contribution < -0.4 is 0 Å². The number of methoxy groups -OCH3 is 1. The van der Waals surface area contributed by atoms with Crippen molar-refractivity contribution in [2.45, 2.75) is 43.2 Å². The maximum Gasteiger partial charge on any atom is 0.337 e. The summed E-state index contributed by atoms with van der Waals surface area (Å²) in [6, 6.07) is 12.5. The van der Waals surface area contributed by atoms with Crippen molar-refractivity contribution in [1.82, 2.24) is 9.21 Å². The van der Waals surface area contributed by atoms with Gasteiger partial charge in [0.1, 0.15) is 0 Å². The molecule has 33 heavy (non-hydrogen) atoms. The van der Waals surface area contributed by atoms with Crippen molar-refractivity contribution >= 4 is 33.5 Å². The van der Waals surface area contributed by atoms with Gasteiger partial charge >= 0.3 is 5.97 Å². The highest BCUT2D eigenvalue weighted by atomic mass is 35.5. The molecule has 0 spiro atoms. The van der Waals surface area contributed by atoms with Crippen molar-refractivity contribution in [3.05, 3.63) is 64.7 Å². The molecule has 1 saturated carbocycles. The van der Waals surface area contributed by atoms with E-state index in [4.69, 9.17) is 16.3 Å². The van der Waals surface area contributed by atoms with Crippen molar-refractivity contribution in [2.75, 3.05) is 20.2 Å². The molecular formula is C24H27ClN2O5S. The van der Waals surface area contributed by atoms with Gasteiger partial charge in [0, 0.05) is 36.6 Å². The third kappa shape index (κ3) is 5.39. The Balaban J connectivity index is 1.63. The Morgan fingerprint density at radius 3 is 2.33 bits per heavy atom. The van der Waals surface area contributed by atoms with Gasteiger partial charge in [0.2, 0.25) is 15.9 Å². The summed E-state index contributed by atoms with van der Waals surface area (Å²) >= 11 is 5.97. The first-order valence-electron chi connectivity index (χ1n) is 11.0. The summed E-state index contributed by atoms with van der Waals surface area (Å²) < 4.78 is 33.6. The molecule has 4 rings (SSSR count). The van der Waals surface area contributed by atoms with Gasteiger partial charge in [-0.1, -0.05) is 23.7 Å². The molecule has 0 N–H and O–H groups in total. The molecule has 2 aromatic carbocycles. The van der Waals surface area contributed by atoms with Crippen molar-refractivity contribution < 1.29 is 22.7 Å². The third-order valence-electron chi connectivity index (χ3n) is 6.18. The number of benzene rings is 2. The van der Waals surface area contributed by atoms with Gasteiger partial charge in [0.25, 0.3) is 0 Å². The van der Waals surface area contributed by atoms with E-state index in [9.17, 15) is 18.0 Å². The predicted octanol–water partition coefficient (Wildman–Crippen LogP) is 3.72. The first-order valence-corrected chi connectivity index (χ1v) is 12.8. The van der Waals surface area contributed by atoms with E-state index in [-0.39, 0.29) is 29.3 Å². The summed E-state index contributed by atoms with van der Waals surface area (Å²) in [5, 5.41) is 0.456. The largest absolute Gasteiger partial charge is 0.465 e. The number of sulfonamides is 1. The number of hydrogen-bond donors (Lipinski definition) is 0. The second kappa shape index (κ2) is 9.83. The molecule has 1 unspecified atom stereocenters. The number of carbonyl (C=O) groups excluding carboxylic acids is 2. The van der Waals surface area contributed by atoms with Crippen LogP contribution in [0.5, 0.6) is 0 Å². The van der Waals surface area contributed by atoms with Crippen LogP contribution in [-0.2, 0) is 26.1 Å². The lowest BCUT2D eigenvalue weighted by atomic mass is 10.0. The van der Waals surface area contributed by atoms with Gasteiger partial charge in [-0.15, -0.1) is 0 Å². The number of esters is 1. The minimum absolute atomic E-state index is 0.0935. The molecule has 2 fully saturated rings. The van der Waals surface area contributed by atoms with Crippen LogP contribution in [0.4, 0.5) is 0 Å². The van der Waals surface area contributed by atoms with Crippen LogP contribution in [0, 0.1) is 5.92 Å². The first-order chi connectivity index (χ1) is 15.8. The highest BCUT2D eigenvalue weighted by molar-refractivity contribution is 7.89. The van der Waals surface area contributed by atoms with E-state index < -0.39 is 16.0 Å². The first kappa shape index (κ1) is 23.7. The zero-order valence-corrected chi connectivity index (χ0v) is 20.0. The molecule has 0 radical (unpaired) electrons. The van der Waals surface area contributed by atoms with Crippen LogP contribution in [0.1, 0.15) is 41.6 Å². The minimum Gasteiger partial charge on any atom is -0.465 e. The predicted molar refractivity (Wildman–Crippen MR) is 124 cm³/mol. The lowest BCUT2D eigenvalue weighted by Gasteiger charge is -2.39. The number of rotatable bonds is 7. The van der Waals surface area contributed by atoms with Gasteiger partial charge in [-0.25, -0.2) is 13.2 Å². The van der Waals surface area contributed by atoms with Gasteiger partial charge in [-0.3, -0.25) is 4.79 Å². The summed E-state index contributed by atoms with van der Waals surface area (Å²) in [6.45, 7) is 1.17. The number of ether oxygens (including phenoxy) is 1. The Hall–Kier alpha value is -2.42. The van der Waals surface area contributed by atoms with Gasteiger partial charge < -0.3 is 9.64 Å². The molecule has 7 nitrogen and oxygen atoms in total. The SMILES string of the molecule is COC(=O)c1ccc(CN(C2CCCN(C(=O)C3CC3)C2)S(=O)(=O)c2ccc(Cl)cc2)cc1. The van der Waals surface area contributed by atoms with E-state index >= 15 is 0 Å². The van der Waals surface area contributed by atoms with Crippen molar-refractivity contribution in [3.8, 4) is 0 Å². The Morgan fingerprint density at radius 2 is 1.73 bits per heavy atom. The van der Waals surface area contributed by atoms with Gasteiger partial charge in [-0.05, 0) is 67.6 Å². The number of nitrogens with zero attached hydrogens (tertiary/aromatic N) is 2. The lowest BCUT2D eigenvalue weighted by molar-refractivity contribution is -0.134. The van der Waals surface area contributed by atoms with Gasteiger partial charge in [0.15, 0.2) is 0 Å². The Morgan fingerprint density at radius 1 is 1.06 bits per heavy atom. The van der Waals surface area contributed by atoms with E-state index in [1.165, 1.54) is 23.5 Å². The average Bonchev–Trinajstić information content (AvgIpc) is 3.68. The smallest absolute Gasteiger partial charge is 0.337 e. The molecule has 2 aliphatic rings. The maximum atomic E-state index is 13.7. The molecule has 1 heterocycles. The van der Waals surface area contributed by atoms with Crippen LogP contribution in [-0.4, -0.2) is 55.7 Å². The second-order valence-corrected chi connectivity index (χ2v) is 10.9. The van der Waals surface area contributed by atoms with Crippen LogP contribution in [0.3, 0.4) is 0 Å². The summed E-state index contributed by atoms with van der Waals surface area (Å²) in [5.74, 6) is -0.226. The Bertz CT molecular complexity index is 1110. The number of carbonyl (C=O) groups is 2. The standard InChI is InChI=1S/C24H27ClN2O5S/c1-32-24(29)19-6-4-17(5-7-19)15-27(33(30,31)22-12-10-20(25)11-13-22)21-3-2-14-26(16-21)23(28)18-8-9-18/h4-7,10-13,18,21H,2-3,8-9,14-16H2,1H3. The number of likely N-dealkylation sites (tertiary alicyclic amines) is 1. The molecule has 9 heteroatoms. The topological polar surface area (TPSA) is 84.0 Å². The van der Waals surface area contributed by atoms with Crippen LogP contribution in [0.25, 0.3) is 0 Å². The van der Waals surface area contributed by atoms with E-state index in [1.54, 1.807) is 36.4 Å². The van der Waals surface area contributed by atoms with Gasteiger partial charge in [-0.2, -0.15) is 4.31 Å². The second-order valence-electron chi connectivity index (χ2n) is 8.55. The molecule has 1 atom stereocenters.